The van der Waals surface area contributed by atoms with Crippen molar-refractivity contribution in [3.8, 4) is 0 Å². The second-order valence-corrected chi connectivity index (χ2v) is 34.7. The molecule has 366 valence electrons. The van der Waals surface area contributed by atoms with E-state index in [9.17, 15) is 19.2 Å². The van der Waals surface area contributed by atoms with Gasteiger partial charge in [0.1, 0.15) is 10.3 Å². The van der Waals surface area contributed by atoms with E-state index in [1.54, 1.807) is 87.2 Å². The third kappa shape index (κ3) is 17.0. The Labute approximate surface area is 454 Å². The van der Waals surface area contributed by atoms with E-state index in [0.717, 1.165) is 40.5 Å². The molecule has 0 radical (unpaired) electrons. The number of benzene rings is 6. The SMILES string of the molecule is CNOC.CON(C)C(=O)c1ccc2c(c1)N=C(Cl)c1ccccc1S2.ClP(Cl)(Cl)(Cl)Cl.O=C(Cl)c1ccc2c(c1)N=C(Cl)c1ccccc1S2.O=C(O)c1ccc2c(c1)NC(=O)c1ccccc1S2. The fourth-order valence-corrected chi connectivity index (χ4v) is 9.58. The topological polar surface area (TPSA) is 159 Å². The van der Waals surface area contributed by atoms with Crippen molar-refractivity contribution < 1.29 is 34.0 Å². The monoisotopic (exact) mass is 1180 g/mol. The number of nitrogens with zero attached hydrogens (tertiary/aromatic N) is 3. The van der Waals surface area contributed by atoms with Crippen LogP contribution in [0.4, 0.5) is 17.1 Å². The molecule has 0 spiro atoms. The average Bonchev–Trinajstić information content (AvgIpc) is 3.64. The Hall–Kier alpha value is -3.58. The maximum absolute atomic E-state index is 12.2. The third-order valence-electron chi connectivity index (χ3n) is 9.08. The zero-order valence-electron chi connectivity index (χ0n) is 36.6. The molecular weight excluding hydrogens is 1150 g/mol. The van der Waals surface area contributed by atoms with Crippen LogP contribution in [-0.4, -0.2) is 71.9 Å². The fourth-order valence-electron chi connectivity index (χ4n) is 5.82. The number of hydroxylamine groups is 3. The first kappa shape index (κ1) is 57.3. The molecule has 9 rings (SSSR count). The van der Waals surface area contributed by atoms with E-state index in [1.807, 2.05) is 72.8 Å². The van der Waals surface area contributed by atoms with Gasteiger partial charge in [-0.15, -0.1) is 0 Å². The molecule has 3 heterocycles. The molecule has 12 nitrogen and oxygen atoms in total. The molecule has 0 saturated carbocycles. The van der Waals surface area contributed by atoms with Crippen molar-refractivity contribution in [1.29, 1.82) is 0 Å². The minimum absolute atomic E-state index is 0.158. The molecule has 0 atom stereocenters. The second-order valence-electron chi connectivity index (χ2n) is 13.7. The number of hydrogen-bond donors (Lipinski definition) is 3. The van der Waals surface area contributed by atoms with Crippen molar-refractivity contribution in [2.75, 3.05) is 33.6 Å². The van der Waals surface area contributed by atoms with Gasteiger partial charge in [0.05, 0.1) is 42.4 Å². The first-order valence-electron chi connectivity index (χ1n) is 19.6. The van der Waals surface area contributed by atoms with E-state index >= 15 is 0 Å². The minimum atomic E-state index is -3.69. The maximum Gasteiger partial charge on any atom is 0.335 e. The summed E-state index contributed by atoms with van der Waals surface area (Å²) in [7, 11) is 6.29. The summed E-state index contributed by atoms with van der Waals surface area (Å²) < 4.78 is -3.69. The van der Waals surface area contributed by atoms with Crippen LogP contribution in [0.5, 0.6) is 0 Å². The van der Waals surface area contributed by atoms with Gasteiger partial charge in [0.15, 0.2) is 0 Å². The average molecular weight is 1180 g/mol. The number of halogens is 8. The van der Waals surface area contributed by atoms with E-state index < -0.39 is 14.6 Å². The van der Waals surface area contributed by atoms with Crippen molar-refractivity contribution in [1.82, 2.24) is 10.5 Å². The summed E-state index contributed by atoms with van der Waals surface area (Å²) in [6.07, 6.45) is 0. The van der Waals surface area contributed by atoms with E-state index in [-0.39, 0.29) is 17.4 Å². The Bertz CT molecular complexity index is 2990. The molecule has 3 aliphatic heterocycles. The summed E-state index contributed by atoms with van der Waals surface area (Å²) in [6, 6.07) is 38.2. The van der Waals surface area contributed by atoms with E-state index in [1.165, 1.54) is 36.1 Å². The van der Waals surface area contributed by atoms with Crippen LogP contribution in [0.3, 0.4) is 0 Å². The second kappa shape index (κ2) is 25.9. The van der Waals surface area contributed by atoms with Crippen LogP contribution in [0, 0.1) is 0 Å². The van der Waals surface area contributed by atoms with Crippen LogP contribution in [-0.2, 0) is 9.68 Å². The Kier molecular flexibility index (Phi) is 21.2. The molecule has 24 heteroatoms. The van der Waals surface area contributed by atoms with Gasteiger partial charge in [-0.25, -0.2) is 25.3 Å². The number of rotatable bonds is 5. The minimum Gasteiger partial charge on any atom is -0.478 e. The summed E-state index contributed by atoms with van der Waals surface area (Å²) in [5.74, 6) is -1.46. The van der Waals surface area contributed by atoms with Crippen molar-refractivity contribution >= 4 is 180 Å². The maximum atomic E-state index is 12.2. The molecule has 6 aromatic carbocycles. The van der Waals surface area contributed by atoms with E-state index in [2.05, 4.69) is 25.6 Å². The van der Waals surface area contributed by atoms with Gasteiger partial charge in [-0.05, 0) is 90.5 Å². The molecule has 2 amide bonds. The van der Waals surface area contributed by atoms with Gasteiger partial charge in [-0.3, -0.25) is 19.2 Å². The number of aromatic carboxylic acids is 1. The first-order chi connectivity index (χ1) is 33.0. The zero-order valence-corrected chi connectivity index (χ0v) is 45.9. The Morgan fingerprint density at radius 2 is 1.03 bits per heavy atom. The number of amides is 2. The zero-order chi connectivity index (χ0) is 51.4. The molecule has 6 aromatic rings. The van der Waals surface area contributed by atoms with E-state index in [4.69, 9.17) is 101 Å². The van der Waals surface area contributed by atoms with Crippen LogP contribution >= 0.6 is 130 Å². The number of carbonyl (C=O) groups is 4. The number of anilines is 1. The van der Waals surface area contributed by atoms with Crippen LogP contribution in [0.25, 0.3) is 0 Å². The molecular formula is C46H36Cl8N5O7PS3. The molecule has 0 aromatic heterocycles. The Morgan fingerprint density at radius 3 is 1.49 bits per heavy atom. The van der Waals surface area contributed by atoms with Crippen LogP contribution in [0.1, 0.15) is 52.6 Å². The number of carboxylic acid groups (broad SMARTS) is 1. The number of carboxylic acids is 1. The van der Waals surface area contributed by atoms with Gasteiger partial charge in [-0.2, -0.15) is 0 Å². The predicted octanol–water partition coefficient (Wildman–Crippen LogP) is 16.1. The first-order valence-corrected chi connectivity index (χ1v) is 30.0. The van der Waals surface area contributed by atoms with Crippen LogP contribution in [0.2, 0.25) is 0 Å². The fraction of sp³-hybridized carbons (Fsp3) is 0.0870. The number of fused-ring (bicyclic) bond motifs is 6. The Balaban J connectivity index is 0.000000178. The van der Waals surface area contributed by atoms with Gasteiger partial charge < -0.3 is 15.3 Å². The summed E-state index contributed by atoms with van der Waals surface area (Å²) in [4.78, 5) is 70.1. The quantitative estimate of drug-likeness (QED) is 0.0857. The molecule has 3 N–H and O–H groups in total. The van der Waals surface area contributed by atoms with Gasteiger partial charge >= 0.3 is 65.5 Å². The van der Waals surface area contributed by atoms with Crippen LogP contribution < -0.4 is 10.8 Å². The van der Waals surface area contributed by atoms with Crippen molar-refractivity contribution in [2.45, 2.75) is 29.4 Å². The normalized spacial score (nSPS) is 13.1. The third-order valence-corrected chi connectivity index (χ3v) is 13.3. The van der Waals surface area contributed by atoms with Crippen LogP contribution in [0.15, 0.2) is 167 Å². The molecule has 70 heavy (non-hydrogen) atoms. The number of nitrogens with one attached hydrogen (secondary N) is 2. The number of hydrogen-bond acceptors (Lipinski definition) is 12. The van der Waals surface area contributed by atoms with E-state index in [0.29, 0.717) is 44.1 Å². The molecule has 0 aliphatic carbocycles. The van der Waals surface area contributed by atoms with Gasteiger partial charge in [0.2, 0.25) is 0 Å². The van der Waals surface area contributed by atoms with Crippen molar-refractivity contribution in [3.05, 3.63) is 161 Å². The molecule has 0 fully saturated rings. The summed E-state index contributed by atoms with van der Waals surface area (Å²) in [6.45, 7) is 0. The van der Waals surface area contributed by atoms with Gasteiger partial charge in [0.25, 0.3) is 17.1 Å². The summed E-state index contributed by atoms with van der Waals surface area (Å²) in [5, 5.41) is 13.2. The smallest absolute Gasteiger partial charge is 0.335 e. The van der Waals surface area contributed by atoms with Gasteiger partial charge in [0, 0.05) is 65.7 Å². The largest absolute Gasteiger partial charge is 0.478 e. The van der Waals surface area contributed by atoms with Crippen molar-refractivity contribution in [2.24, 2.45) is 9.98 Å². The predicted molar refractivity (Wildman–Crippen MR) is 292 cm³/mol. The molecule has 0 saturated heterocycles. The van der Waals surface area contributed by atoms with Gasteiger partial charge in [-0.1, -0.05) is 107 Å². The number of carbonyl (C=O) groups excluding carboxylic acids is 3. The molecule has 0 unspecified atom stereocenters. The van der Waals surface area contributed by atoms with Crippen molar-refractivity contribution in [3.63, 3.8) is 0 Å². The Morgan fingerprint density at radius 1 is 0.629 bits per heavy atom. The summed E-state index contributed by atoms with van der Waals surface area (Å²) >= 11 is 47.5. The number of aliphatic imine (C=N–C) groups is 2. The summed E-state index contributed by atoms with van der Waals surface area (Å²) in [5.41, 5.74) is 7.77. The molecule has 0 bridgehead atoms. The molecule has 3 aliphatic rings. The standard InChI is InChI=1S/C16H13ClN2O2S.C14H7Cl2NOS.C14H9NO3S.C2H7NO.Cl5P/c1-19(21-2)16(20)10-7-8-14-12(9-10)18-15(17)11-5-3-4-6-13(11)22-14;15-13-9-3-1-2-4-11(9)19-12-6-5-8(14(16)18)7-10(12)17-13;16-13-9-3-1-2-4-11(9)19-12-6-5-8(14(17)18)7-10(12)15-13;1-3-4-2;1-6(2,3,4)5/h3-9H,1-2H3;1-7H;1-7H,(H,15,16)(H,17,18);3H,1-2H3;.